The lowest BCUT2D eigenvalue weighted by Gasteiger charge is -2.27. The minimum atomic E-state index is -0.855. The van der Waals surface area contributed by atoms with Crippen LogP contribution >= 0.6 is 0 Å². The van der Waals surface area contributed by atoms with Gasteiger partial charge in [-0.2, -0.15) is 5.10 Å². The standard InChI is InChI=1S/C28H32N4O5/c1-18-21(17-29-32(18)19-11-7-6-8-12-19)25(33)23-24(20-13-9-14-22(36-4)27(20)37-5)31(28(35)26(23)34)16-10-15-30(2)3/h6-9,11-14,17,24,33H,10,15-16H2,1-5H3/t24-/m0/s1. The van der Waals surface area contributed by atoms with Crippen LogP contribution in [0.5, 0.6) is 11.5 Å². The van der Waals surface area contributed by atoms with E-state index in [1.807, 2.05) is 56.3 Å². The summed E-state index contributed by atoms with van der Waals surface area (Å²) >= 11 is 0. The number of hydrogen-bond acceptors (Lipinski definition) is 7. The number of carbonyl (C=O) groups excluding carboxylic acids is 2. The number of aliphatic hydroxyl groups excluding tert-OH is 1. The van der Waals surface area contributed by atoms with Crippen molar-refractivity contribution in [3.05, 3.63) is 77.1 Å². The van der Waals surface area contributed by atoms with Gasteiger partial charge in [0.25, 0.3) is 11.7 Å². The van der Waals surface area contributed by atoms with Crippen molar-refractivity contribution in [1.82, 2.24) is 19.6 Å². The highest BCUT2D eigenvalue weighted by molar-refractivity contribution is 6.46. The van der Waals surface area contributed by atoms with E-state index in [9.17, 15) is 14.7 Å². The van der Waals surface area contributed by atoms with Crippen LogP contribution in [0.3, 0.4) is 0 Å². The van der Waals surface area contributed by atoms with Crippen molar-refractivity contribution in [3.63, 3.8) is 0 Å². The number of methoxy groups -OCH3 is 2. The van der Waals surface area contributed by atoms with Gasteiger partial charge in [0.2, 0.25) is 0 Å². The molecular formula is C28H32N4O5. The Morgan fingerprint density at radius 1 is 1.05 bits per heavy atom. The number of ether oxygens (including phenoxy) is 2. The fraction of sp³-hybridized carbons (Fsp3) is 0.321. The zero-order valence-electron chi connectivity index (χ0n) is 21.8. The largest absolute Gasteiger partial charge is 0.507 e. The molecule has 1 aliphatic rings. The van der Waals surface area contributed by atoms with E-state index in [0.29, 0.717) is 41.3 Å². The van der Waals surface area contributed by atoms with Gasteiger partial charge >= 0.3 is 0 Å². The molecule has 2 heterocycles. The van der Waals surface area contributed by atoms with Crippen molar-refractivity contribution in [2.45, 2.75) is 19.4 Å². The van der Waals surface area contributed by atoms with E-state index in [2.05, 4.69) is 5.10 Å². The Labute approximate surface area is 216 Å². The van der Waals surface area contributed by atoms with Crippen LogP contribution in [0, 0.1) is 6.92 Å². The molecule has 1 amide bonds. The van der Waals surface area contributed by atoms with Crippen molar-refractivity contribution >= 4 is 17.4 Å². The first-order chi connectivity index (χ1) is 17.8. The van der Waals surface area contributed by atoms with Crippen LogP contribution < -0.4 is 9.47 Å². The van der Waals surface area contributed by atoms with E-state index in [1.54, 1.807) is 22.9 Å². The molecule has 4 rings (SSSR count). The van der Waals surface area contributed by atoms with Gasteiger partial charge in [-0.3, -0.25) is 9.59 Å². The van der Waals surface area contributed by atoms with Crippen molar-refractivity contribution in [1.29, 1.82) is 0 Å². The number of para-hydroxylation sites is 2. The molecule has 37 heavy (non-hydrogen) atoms. The first-order valence-corrected chi connectivity index (χ1v) is 12.0. The average Bonchev–Trinajstić information content (AvgIpc) is 3.40. The van der Waals surface area contributed by atoms with Crippen LogP contribution in [0.4, 0.5) is 0 Å². The number of benzene rings is 2. The summed E-state index contributed by atoms with van der Waals surface area (Å²) in [6, 6.07) is 13.9. The molecule has 0 spiro atoms. The molecule has 1 fully saturated rings. The van der Waals surface area contributed by atoms with Crippen LogP contribution in [0.15, 0.2) is 60.3 Å². The number of ketones is 1. The molecule has 0 unspecified atom stereocenters. The molecule has 194 valence electrons. The van der Waals surface area contributed by atoms with Gasteiger partial charge in [-0.05, 0) is 52.2 Å². The third-order valence-corrected chi connectivity index (χ3v) is 6.54. The minimum Gasteiger partial charge on any atom is -0.507 e. The second-order valence-electron chi connectivity index (χ2n) is 9.12. The lowest BCUT2D eigenvalue weighted by atomic mass is 9.94. The molecule has 1 aromatic heterocycles. The van der Waals surface area contributed by atoms with Crippen molar-refractivity contribution < 1.29 is 24.2 Å². The number of nitrogens with zero attached hydrogens (tertiary/aromatic N) is 4. The Morgan fingerprint density at radius 2 is 1.78 bits per heavy atom. The highest BCUT2D eigenvalue weighted by atomic mass is 16.5. The maximum atomic E-state index is 13.4. The van der Waals surface area contributed by atoms with E-state index >= 15 is 0 Å². The molecule has 0 aliphatic carbocycles. The summed E-state index contributed by atoms with van der Waals surface area (Å²) in [4.78, 5) is 30.3. The second-order valence-corrected chi connectivity index (χ2v) is 9.12. The molecule has 1 aliphatic heterocycles. The predicted molar refractivity (Wildman–Crippen MR) is 140 cm³/mol. The Morgan fingerprint density at radius 3 is 2.43 bits per heavy atom. The predicted octanol–water partition coefficient (Wildman–Crippen LogP) is 3.57. The summed E-state index contributed by atoms with van der Waals surface area (Å²) in [5, 5.41) is 16.0. The summed E-state index contributed by atoms with van der Waals surface area (Å²) in [6.45, 7) is 2.87. The zero-order chi connectivity index (χ0) is 26.7. The second kappa shape index (κ2) is 10.9. The Bertz CT molecular complexity index is 1330. The molecule has 1 saturated heterocycles. The number of carbonyl (C=O) groups is 2. The number of aliphatic hydroxyl groups is 1. The Hall–Kier alpha value is -4.11. The fourth-order valence-electron chi connectivity index (χ4n) is 4.74. The number of likely N-dealkylation sites (tertiary alicyclic amines) is 1. The third kappa shape index (κ3) is 4.82. The van der Waals surface area contributed by atoms with Gasteiger partial charge in [0, 0.05) is 12.1 Å². The monoisotopic (exact) mass is 504 g/mol. The first kappa shape index (κ1) is 26.0. The van der Waals surface area contributed by atoms with Crippen LogP contribution in [-0.2, 0) is 9.59 Å². The van der Waals surface area contributed by atoms with Crippen LogP contribution in [0.25, 0.3) is 11.4 Å². The highest BCUT2D eigenvalue weighted by Gasteiger charge is 2.47. The smallest absolute Gasteiger partial charge is 0.295 e. The summed E-state index contributed by atoms with van der Waals surface area (Å²) < 4.78 is 12.8. The van der Waals surface area contributed by atoms with Gasteiger partial charge in [0.1, 0.15) is 5.76 Å². The summed E-state index contributed by atoms with van der Waals surface area (Å²) in [5.41, 5.74) is 2.38. The fourth-order valence-corrected chi connectivity index (χ4v) is 4.74. The van der Waals surface area contributed by atoms with E-state index < -0.39 is 17.7 Å². The van der Waals surface area contributed by atoms with Crippen molar-refractivity contribution in [2.75, 3.05) is 41.4 Å². The molecule has 2 aromatic carbocycles. The Balaban J connectivity index is 1.88. The third-order valence-electron chi connectivity index (χ3n) is 6.54. The average molecular weight is 505 g/mol. The highest BCUT2D eigenvalue weighted by Crippen LogP contribution is 2.45. The normalized spacial score (nSPS) is 17.0. The van der Waals surface area contributed by atoms with Crippen molar-refractivity contribution in [2.24, 2.45) is 0 Å². The first-order valence-electron chi connectivity index (χ1n) is 12.0. The van der Waals surface area contributed by atoms with Crippen LogP contribution in [0.2, 0.25) is 0 Å². The molecule has 1 N–H and O–H groups in total. The summed E-state index contributed by atoms with van der Waals surface area (Å²) in [6.07, 6.45) is 2.16. The summed E-state index contributed by atoms with van der Waals surface area (Å²) in [5.74, 6) is -0.820. The zero-order valence-corrected chi connectivity index (χ0v) is 21.8. The van der Waals surface area contributed by atoms with E-state index in [-0.39, 0.29) is 11.3 Å². The van der Waals surface area contributed by atoms with Gasteiger partial charge in [-0.1, -0.05) is 30.3 Å². The number of hydrogen-bond donors (Lipinski definition) is 1. The van der Waals surface area contributed by atoms with Gasteiger partial charge in [-0.25, -0.2) is 4.68 Å². The molecule has 1 atom stereocenters. The molecule has 9 heteroatoms. The van der Waals surface area contributed by atoms with E-state index in [0.717, 1.165) is 12.2 Å². The SMILES string of the molecule is COc1cccc([C@H]2C(=C(O)c3cnn(-c4ccccc4)c3C)C(=O)C(=O)N2CCCN(C)C)c1OC. The van der Waals surface area contributed by atoms with Gasteiger partial charge < -0.3 is 24.4 Å². The molecule has 9 nitrogen and oxygen atoms in total. The maximum absolute atomic E-state index is 13.4. The quantitative estimate of drug-likeness (QED) is 0.270. The lowest BCUT2D eigenvalue weighted by molar-refractivity contribution is -0.140. The molecule has 0 bridgehead atoms. The van der Waals surface area contributed by atoms with E-state index in [1.165, 1.54) is 25.3 Å². The van der Waals surface area contributed by atoms with Gasteiger partial charge in [0.05, 0.1) is 49.0 Å². The molecule has 0 saturated carbocycles. The molecule has 3 aromatic rings. The van der Waals surface area contributed by atoms with E-state index in [4.69, 9.17) is 9.47 Å². The lowest BCUT2D eigenvalue weighted by Crippen LogP contribution is -2.32. The van der Waals surface area contributed by atoms with Crippen LogP contribution in [-0.4, -0.2) is 77.8 Å². The maximum Gasteiger partial charge on any atom is 0.295 e. The topological polar surface area (TPSA) is 97.1 Å². The van der Waals surface area contributed by atoms with Gasteiger partial charge in [-0.15, -0.1) is 0 Å². The van der Waals surface area contributed by atoms with Crippen LogP contribution in [0.1, 0.15) is 29.3 Å². The number of amides is 1. The van der Waals surface area contributed by atoms with Crippen molar-refractivity contribution in [3.8, 4) is 17.2 Å². The van der Waals surface area contributed by atoms with Gasteiger partial charge in [0.15, 0.2) is 11.5 Å². The number of Topliss-reactive ketones (excluding diaryl/α,β-unsaturated/α-hetero) is 1. The number of rotatable bonds is 9. The number of aromatic nitrogens is 2. The molecular weight excluding hydrogens is 472 g/mol. The minimum absolute atomic E-state index is 0.00267. The molecule has 0 radical (unpaired) electrons. The summed E-state index contributed by atoms with van der Waals surface area (Å²) in [7, 11) is 6.93. The Kier molecular flexibility index (Phi) is 7.63.